The van der Waals surface area contributed by atoms with E-state index in [1.807, 2.05) is 30.3 Å². The van der Waals surface area contributed by atoms with Gasteiger partial charge in [0.1, 0.15) is 5.75 Å². The molecule has 0 bridgehead atoms. The summed E-state index contributed by atoms with van der Waals surface area (Å²) >= 11 is 0. The van der Waals surface area contributed by atoms with Gasteiger partial charge in [0, 0.05) is 24.7 Å². The van der Waals surface area contributed by atoms with E-state index in [0.29, 0.717) is 18.5 Å². The largest absolute Gasteiger partial charge is 0.497 e. The number of aryl methyl sites for hydroxylation is 1. The molecule has 0 spiro atoms. The zero-order valence-corrected chi connectivity index (χ0v) is 15.9. The molecule has 0 aliphatic carbocycles. The van der Waals surface area contributed by atoms with Crippen molar-refractivity contribution in [3.63, 3.8) is 0 Å². The quantitative estimate of drug-likeness (QED) is 0.578. The van der Waals surface area contributed by atoms with Crippen molar-refractivity contribution in [3.8, 4) is 5.75 Å². The van der Waals surface area contributed by atoms with Gasteiger partial charge in [-0.3, -0.25) is 10.1 Å². The zero-order chi connectivity index (χ0) is 19.6. The summed E-state index contributed by atoms with van der Waals surface area (Å²) in [6.45, 7) is 2.13. The number of nitrogens with zero attached hydrogens (tertiary/aromatic N) is 2. The highest BCUT2D eigenvalue weighted by Gasteiger charge is 2.28. The molecule has 142 valence electrons. The highest BCUT2D eigenvalue weighted by molar-refractivity contribution is 7.89. The van der Waals surface area contributed by atoms with Crippen LogP contribution in [0.2, 0.25) is 0 Å². The van der Waals surface area contributed by atoms with Crippen LogP contribution >= 0.6 is 0 Å². The van der Waals surface area contributed by atoms with E-state index in [-0.39, 0.29) is 17.1 Å². The summed E-state index contributed by atoms with van der Waals surface area (Å²) < 4.78 is 32.2. The van der Waals surface area contributed by atoms with Crippen LogP contribution in [0.15, 0.2) is 53.4 Å². The van der Waals surface area contributed by atoms with Gasteiger partial charge in [0.05, 0.1) is 16.9 Å². The number of methoxy groups -OCH3 is 1. The maximum atomic E-state index is 12.9. The average Bonchev–Trinajstić information content (AvgIpc) is 2.68. The molecule has 7 nitrogen and oxygen atoms in total. The van der Waals surface area contributed by atoms with Crippen molar-refractivity contribution < 1.29 is 18.1 Å². The van der Waals surface area contributed by atoms with Crippen LogP contribution in [0.4, 0.5) is 5.69 Å². The molecule has 0 N–H and O–H groups in total. The number of nitro groups is 1. The molecule has 0 saturated carbocycles. The number of hydrogen-bond donors (Lipinski definition) is 0. The van der Waals surface area contributed by atoms with Crippen molar-refractivity contribution in [2.24, 2.45) is 0 Å². The van der Waals surface area contributed by atoms with Gasteiger partial charge in [-0.1, -0.05) is 24.3 Å². The smallest absolute Gasteiger partial charge is 0.273 e. The maximum absolute atomic E-state index is 12.9. The summed E-state index contributed by atoms with van der Waals surface area (Å²) in [7, 11) is -2.18. The third-order valence-electron chi connectivity index (χ3n) is 4.65. The summed E-state index contributed by atoms with van der Waals surface area (Å²) in [5.74, 6) is 0.764. The summed E-state index contributed by atoms with van der Waals surface area (Å²) in [6.07, 6.45) is 2.45. The summed E-state index contributed by atoms with van der Waals surface area (Å²) in [5, 5.41) is 11.1. The van der Waals surface area contributed by atoms with E-state index in [9.17, 15) is 18.5 Å². The van der Waals surface area contributed by atoms with E-state index in [2.05, 4.69) is 0 Å². The first-order valence-electron chi connectivity index (χ1n) is 8.41. The fourth-order valence-electron chi connectivity index (χ4n) is 3.03. The molecule has 0 fully saturated rings. The number of rotatable bonds is 5. The van der Waals surface area contributed by atoms with Gasteiger partial charge in [-0.15, -0.1) is 0 Å². The highest BCUT2D eigenvalue weighted by atomic mass is 32.2. The molecular formula is C19H20N2O5S. The van der Waals surface area contributed by atoms with Crippen molar-refractivity contribution in [1.29, 1.82) is 0 Å². The van der Waals surface area contributed by atoms with E-state index in [0.717, 1.165) is 23.0 Å². The van der Waals surface area contributed by atoms with Crippen LogP contribution in [-0.2, 0) is 10.0 Å². The van der Waals surface area contributed by atoms with Crippen molar-refractivity contribution in [3.05, 3.63) is 69.8 Å². The number of sulfonamides is 1. The van der Waals surface area contributed by atoms with E-state index in [1.54, 1.807) is 14.0 Å². The van der Waals surface area contributed by atoms with Gasteiger partial charge in [-0.25, -0.2) is 8.42 Å². The summed E-state index contributed by atoms with van der Waals surface area (Å²) in [5.41, 5.74) is 2.33. The molecule has 0 amide bonds. The van der Waals surface area contributed by atoms with Crippen LogP contribution in [0.25, 0.3) is 5.57 Å². The maximum Gasteiger partial charge on any atom is 0.273 e. The zero-order valence-electron chi connectivity index (χ0n) is 15.1. The Morgan fingerprint density at radius 1 is 1.15 bits per heavy atom. The molecule has 1 aliphatic heterocycles. The Morgan fingerprint density at radius 2 is 1.85 bits per heavy atom. The standard InChI is InChI=1S/C19H20N2O5S/c1-14-3-8-18(13-19(14)21(22)23)27(24,25)20-11-9-16(10-12-20)15-4-6-17(26-2)7-5-15/h3-9,13H,10-12H2,1-2H3. The normalized spacial score (nSPS) is 15.3. The lowest BCUT2D eigenvalue weighted by atomic mass is 10.0. The minimum atomic E-state index is -3.79. The molecule has 27 heavy (non-hydrogen) atoms. The number of nitro benzene ring substituents is 1. The second kappa shape index (κ2) is 7.50. The molecule has 2 aromatic rings. The van der Waals surface area contributed by atoms with Crippen molar-refractivity contribution in [2.45, 2.75) is 18.2 Å². The molecular weight excluding hydrogens is 368 g/mol. The predicted molar refractivity (Wildman–Crippen MR) is 102 cm³/mol. The molecule has 0 unspecified atom stereocenters. The molecule has 1 heterocycles. The Hall–Kier alpha value is -2.71. The molecule has 1 aliphatic rings. The van der Waals surface area contributed by atoms with Crippen molar-refractivity contribution >= 4 is 21.3 Å². The monoisotopic (exact) mass is 388 g/mol. The first-order chi connectivity index (χ1) is 12.8. The summed E-state index contributed by atoms with van der Waals surface area (Å²) in [4.78, 5) is 10.5. The fraction of sp³-hybridized carbons (Fsp3) is 0.263. The fourth-order valence-corrected chi connectivity index (χ4v) is 4.43. The van der Waals surface area contributed by atoms with Crippen molar-refractivity contribution in [2.75, 3.05) is 20.2 Å². The molecule has 3 rings (SSSR count). The number of benzene rings is 2. The van der Waals surface area contributed by atoms with E-state index >= 15 is 0 Å². The molecule has 8 heteroatoms. The minimum absolute atomic E-state index is 0.0545. The topological polar surface area (TPSA) is 89.8 Å². The van der Waals surface area contributed by atoms with Crippen LogP contribution in [-0.4, -0.2) is 37.8 Å². The Balaban J connectivity index is 1.82. The molecule has 0 aromatic heterocycles. The van der Waals surface area contributed by atoms with Gasteiger partial charge >= 0.3 is 0 Å². The molecule has 0 atom stereocenters. The Bertz CT molecular complexity index is 997. The van der Waals surface area contributed by atoms with E-state index in [1.165, 1.54) is 16.4 Å². The minimum Gasteiger partial charge on any atom is -0.497 e. The van der Waals surface area contributed by atoms with Gasteiger partial charge in [-0.05, 0) is 42.7 Å². The third kappa shape index (κ3) is 3.86. The van der Waals surface area contributed by atoms with E-state index < -0.39 is 14.9 Å². The van der Waals surface area contributed by atoms with Crippen LogP contribution in [0.1, 0.15) is 17.5 Å². The Morgan fingerprint density at radius 3 is 2.41 bits per heavy atom. The molecule has 2 aromatic carbocycles. The first-order valence-corrected chi connectivity index (χ1v) is 9.85. The van der Waals surface area contributed by atoms with E-state index in [4.69, 9.17) is 4.74 Å². The lowest BCUT2D eigenvalue weighted by Crippen LogP contribution is -2.34. The second-order valence-electron chi connectivity index (χ2n) is 6.28. The van der Waals surface area contributed by atoms with Gasteiger partial charge in [0.2, 0.25) is 10.0 Å². The summed E-state index contributed by atoms with van der Waals surface area (Å²) in [6, 6.07) is 11.6. The first kappa shape index (κ1) is 19.1. The number of ether oxygens (including phenoxy) is 1. The van der Waals surface area contributed by atoms with Gasteiger partial charge in [0.25, 0.3) is 5.69 Å². The molecule has 0 saturated heterocycles. The van der Waals surface area contributed by atoms with Crippen LogP contribution < -0.4 is 4.74 Å². The number of hydrogen-bond acceptors (Lipinski definition) is 5. The second-order valence-corrected chi connectivity index (χ2v) is 8.21. The predicted octanol–water partition coefficient (Wildman–Crippen LogP) is 3.39. The molecule has 0 radical (unpaired) electrons. The Labute approximate surface area is 158 Å². The van der Waals surface area contributed by atoms with Crippen LogP contribution in [0.3, 0.4) is 0 Å². The lowest BCUT2D eigenvalue weighted by molar-refractivity contribution is -0.385. The third-order valence-corrected chi connectivity index (χ3v) is 6.51. The van der Waals surface area contributed by atoms with Crippen LogP contribution in [0, 0.1) is 17.0 Å². The van der Waals surface area contributed by atoms with Gasteiger partial charge < -0.3 is 4.74 Å². The van der Waals surface area contributed by atoms with Gasteiger partial charge in [-0.2, -0.15) is 4.31 Å². The van der Waals surface area contributed by atoms with Crippen molar-refractivity contribution in [1.82, 2.24) is 4.31 Å². The van der Waals surface area contributed by atoms with Crippen LogP contribution in [0.5, 0.6) is 5.75 Å². The Kier molecular flexibility index (Phi) is 5.29. The highest BCUT2D eigenvalue weighted by Crippen LogP contribution is 2.29. The average molecular weight is 388 g/mol. The van der Waals surface area contributed by atoms with Gasteiger partial charge in [0.15, 0.2) is 0 Å². The lowest BCUT2D eigenvalue weighted by Gasteiger charge is -2.26. The SMILES string of the molecule is COc1ccc(C2=CCN(S(=O)(=O)c3ccc(C)c([N+](=O)[O-])c3)CC2)cc1.